The second kappa shape index (κ2) is 4.61. The van der Waals surface area contributed by atoms with Crippen LogP contribution in [0.4, 0.5) is 14.6 Å². The van der Waals surface area contributed by atoms with E-state index in [-0.39, 0.29) is 28.4 Å². The van der Waals surface area contributed by atoms with Gasteiger partial charge in [0.15, 0.2) is 15.7 Å². The summed E-state index contributed by atoms with van der Waals surface area (Å²) in [6.45, 7) is 0. The number of nitrogens with one attached hydrogen (secondary N) is 1. The van der Waals surface area contributed by atoms with E-state index in [2.05, 4.69) is 10.2 Å². The van der Waals surface area contributed by atoms with Crippen molar-refractivity contribution in [3.8, 4) is 11.1 Å². The number of benzene rings is 1. The molecule has 102 valence electrons. The van der Waals surface area contributed by atoms with Crippen molar-refractivity contribution >= 4 is 15.7 Å². The molecule has 19 heavy (non-hydrogen) atoms. The predicted molar refractivity (Wildman–Crippen MR) is 66.9 cm³/mol. The zero-order valence-electron chi connectivity index (χ0n) is 9.94. The molecule has 1 aromatic heterocycles. The number of halogens is 2. The molecule has 0 fully saturated rings. The largest absolute Gasteiger partial charge is 0.382 e. The van der Waals surface area contributed by atoms with Crippen LogP contribution in [0.1, 0.15) is 5.69 Å². The van der Waals surface area contributed by atoms with Crippen LogP contribution in [0.15, 0.2) is 18.2 Å². The van der Waals surface area contributed by atoms with Crippen LogP contribution in [0.25, 0.3) is 11.1 Å². The zero-order chi connectivity index (χ0) is 14.2. The minimum atomic E-state index is -3.33. The molecule has 0 bridgehead atoms. The van der Waals surface area contributed by atoms with Gasteiger partial charge >= 0.3 is 0 Å². The lowest BCUT2D eigenvalue weighted by molar-refractivity contribution is 0.584. The van der Waals surface area contributed by atoms with Crippen molar-refractivity contribution in [3.63, 3.8) is 0 Å². The monoisotopic (exact) mass is 287 g/mol. The predicted octanol–water partition coefficient (Wildman–Crippen LogP) is 1.48. The number of aromatic amines is 1. The standard InChI is InChI=1S/C11H11F2N3O2S/c1-19(17,18)5-9-10(11(14)16-15-9)6-2-7(12)4-8(13)3-6/h2-4H,5H2,1H3,(H3,14,15,16). The normalized spacial score (nSPS) is 11.7. The Bertz CT molecular complexity index is 705. The third-order valence-corrected chi connectivity index (χ3v) is 3.24. The van der Waals surface area contributed by atoms with Crippen molar-refractivity contribution in [2.45, 2.75) is 5.75 Å². The van der Waals surface area contributed by atoms with Gasteiger partial charge in [0.2, 0.25) is 0 Å². The highest BCUT2D eigenvalue weighted by Crippen LogP contribution is 2.30. The number of nitrogens with two attached hydrogens (primary N) is 1. The molecule has 0 unspecified atom stereocenters. The summed E-state index contributed by atoms with van der Waals surface area (Å²) in [6, 6.07) is 2.85. The molecule has 0 atom stereocenters. The maximum Gasteiger partial charge on any atom is 0.153 e. The van der Waals surface area contributed by atoms with Gasteiger partial charge in [-0.25, -0.2) is 17.2 Å². The number of anilines is 1. The maximum atomic E-state index is 13.2. The molecule has 0 aliphatic carbocycles. The van der Waals surface area contributed by atoms with Crippen LogP contribution in [-0.4, -0.2) is 24.9 Å². The Morgan fingerprint density at radius 2 is 1.84 bits per heavy atom. The lowest BCUT2D eigenvalue weighted by atomic mass is 10.1. The number of nitrogen functional groups attached to an aromatic ring is 1. The quantitative estimate of drug-likeness (QED) is 0.895. The van der Waals surface area contributed by atoms with E-state index in [1.54, 1.807) is 0 Å². The summed E-state index contributed by atoms with van der Waals surface area (Å²) in [4.78, 5) is 0. The van der Waals surface area contributed by atoms with E-state index in [9.17, 15) is 17.2 Å². The van der Waals surface area contributed by atoms with Crippen molar-refractivity contribution in [3.05, 3.63) is 35.5 Å². The van der Waals surface area contributed by atoms with E-state index in [0.717, 1.165) is 24.5 Å². The average molecular weight is 287 g/mol. The molecule has 0 amide bonds. The fourth-order valence-corrected chi connectivity index (χ4v) is 2.51. The second-order valence-electron chi connectivity index (χ2n) is 4.19. The van der Waals surface area contributed by atoms with Gasteiger partial charge in [-0.2, -0.15) is 5.10 Å². The van der Waals surface area contributed by atoms with Crippen LogP contribution < -0.4 is 5.73 Å². The van der Waals surface area contributed by atoms with E-state index >= 15 is 0 Å². The molecular weight excluding hydrogens is 276 g/mol. The first-order valence-corrected chi connectivity index (χ1v) is 7.29. The summed E-state index contributed by atoms with van der Waals surface area (Å²) in [5, 5.41) is 6.15. The summed E-state index contributed by atoms with van der Waals surface area (Å²) < 4.78 is 49.0. The minimum Gasteiger partial charge on any atom is -0.382 e. The number of hydrogen-bond acceptors (Lipinski definition) is 4. The number of hydrogen-bond donors (Lipinski definition) is 2. The molecule has 1 aromatic carbocycles. The highest BCUT2D eigenvalue weighted by Gasteiger charge is 2.18. The molecule has 2 aromatic rings. The van der Waals surface area contributed by atoms with E-state index in [1.165, 1.54) is 0 Å². The Morgan fingerprint density at radius 1 is 1.26 bits per heavy atom. The van der Waals surface area contributed by atoms with Gasteiger partial charge in [0.25, 0.3) is 0 Å². The fourth-order valence-electron chi connectivity index (χ4n) is 1.78. The number of rotatable bonds is 3. The Kier molecular flexibility index (Phi) is 3.27. The maximum absolute atomic E-state index is 13.2. The van der Waals surface area contributed by atoms with Crippen LogP contribution in [0.3, 0.4) is 0 Å². The molecule has 0 radical (unpaired) electrons. The Labute approximate surface area is 108 Å². The van der Waals surface area contributed by atoms with Gasteiger partial charge in [0.1, 0.15) is 11.6 Å². The Hall–Kier alpha value is -1.96. The molecule has 3 N–H and O–H groups in total. The number of aromatic nitrogens is 2. The Balaban J connectivity index is 2.58. The smallest absolute Gasteiger partial charge is 0.153 e. The van der Waals surface area contributed by atoms with Crippen LogP contribution in [-0.2, 0) is 15.6 Å². The third kappa shape index (κ3) is 3.08. The van der Waals surface area contributed by atoms with E-state index in [1.807, 2.05) is 0 Å². The van der Waals surface area contributed by atoms with Crippen molar-refractivity contribution in [2.75, 3.05) is 12.0 Å². The minimum absolute atomic E-state index is 0.0105. The van der Waals surface area contributed by atoms with Gasteiger partial charge in [-0.15, -0.1) is 0 Å². The van der Waals surface area contributed by atoms with Crippen LogP contribution >= 0.6 is 0 Å². The molecule has 0 aliphatic heterocycles. The van der Waals surface area contributed by atoms with Gasteiger partial charge in [-0.1, -0.05) is 0 Å². The van der Waals surface area contributed by atoms with Crippen molar-refractivity contribution < 1.29 is 17.2 Å². The molecule has 0 saturated heterocycles. The first kappa shape index (κ1) is 13.5. The van der Waals surface area contributed by atoms with Crippen LogP contribution in [0, 0.1) is 11.6 Å². The lowest BCUT2D eigenvalue weighted by Gasteiger charge is -2.04. The van der Waals surface area contributed by atoms with Crippen molar-refractivity contribution in [1.82, 2.24) is 10.2 Å². The van der Waals surface area contributed by atoms with Gasteiger partial charge < -0.3 is 5.73 Å². The molecule has 8 heteroatoms. The fraction of sp³-hybridized carbons (Fsp3) is 0.182. The van der Waals surface area contributed by atoms with E-state index in [0.29, 0.717) is 0 Å². The highest BCUT2D eigenvalue weighted by molar-refractivity contribution is 7.89. The summed E-state index contributed by atoms with van der Waals surface area (Å²) in [5.41, 5.74) is 6.15. The topological polar surface area (TPSA) is 88.8 Å². The van der Waals surface area contributed by atoms with Gasteiger partial charge in [-0.3, -0.25) is 5.10 Å². The van der Waals surface area contributed by atoms with Crippen molar-refractivity contribution in [2.24, 2.45) is 0 Å². The molecule has 2 rings (SSSR count). The van der Waals surface area contributed by atoms with Gasteiger partial charge in [0.05, 0.1) is 11.4 Å². The highest BCUT2D eigenvalue weighted by atomic mass is 32.2. The number of H-pyrrole nitrogens is 1. The summed E-state index contributed by atoms with van der Waals surface area (Å²) in [7, 11) is -3.33. The average Bonchev–Trinajstić information content (AvgIpc) is 2.55. The van der Waals surface area contributed by atoms with E-state index in [4.69, 9.17) is 5.73 Å². The molecule has 5 nitrogen and oxygen atoms in total. The van der Waals surface area contributed by atoms with E-state index < -0.39 is 21.5 Å². The third-order valence-electron chi connectivity index (χ3n) is 2.43. The second-order valence-corrected chi connectivity index (χ2v) is 6.33. The molecule has 0 saturated carbocycles. The summed E-state index contributed by atoms with van der Waals surface area (Å²) in [6.07, 6.45) is 1.04. The first-order valence-electron chi connectivity index (χ1n) is 5.23. The molecule has 0 aliphatic rings. The van der Waals surface area contributed by atoms with Crippen LogP contribution in [0.5, 0.6) is 0 Å². The number of sulfone groups is 1. The summed E-state index contributed by atoms with van der Waals surface area (Å²) in [5.74, 6) is -1.91. The number of nitrogens with zero attached hydrogens (tertiary/aromatic N) is 1. The van der Waals surface area contributed by atoms with Crippen LogP contribution in [0.2, 0.25) is 0 Å². The van der Waals surface area contributed by atoms with Gasteiger partial charge in [-0.05, 0) is 17.7 Å². The van der Waals surface area contributed by atoms with Gasteiger partial charge in [0, 0.05) is 17.9 Å². The summed E-state index contributed by atoms with van der Waals surface area (Å²) >= 11 is 0. The SMILES string of the molecule is CS(=O)(=O)Cc1[nH]nc(N)c1-c1cc(F)cc(F)c1. The molecule has 0 spiro atoms. The molecule has 1 heterocycles. The van der Waals surface area contributed by atoms with Crippen molar-refractivity contribution in [1.29, 1.82) is 0 Å². The molecular formula is C11H11F2N3O2S. The zero-order valence-corrected chi connectivity index (χ0v) is 10.8. The Morgan fingerprint density at radius 3 is 2.37 bits per heavy atom. The first-order chi connectivity index (χ1) is 8.76. The lowest BCUT2D eigenvalue weighted by Crippen LogP contribution is -2.03.